The first kappa shape index (κ1) is 14.4. The molecule has 1 saturated heterocycles. The summed E-state index contributed by atoms with van der Waals surface area (Å²) in [4.78, 5) is 24.5. The number of rotatable bonds is 2. The van der Waals surface area contributed by atoms with Crippen LogP contribution in [-0.4, -0.2) is 23.5 Å². The summed E-state index contributed by atoms with van der Waals surface area (Å²) >= 11 is 7.58. The SMILES string of the molecule is CC1(C)C[C@@H](NC(=O)c2sc3ccccc3c2Cl)C(=O)O1. The topological polar surface area (TPSA) is 55.4 Å². The molecule has 1 atom stereocenters. The molecule has 0 saturated carbocycles. The number of carbonyl (C=O) groups excluding carboxylic acids is 2. The third kappa shape index (κ3) is 2.63. The standard InChI is InChI=1S/C15H14ClNO3S/c1-15(2)7-9(14(19)20-15)17-13(18)12-11(16)8-5-3-4-6-10(8)21-12/h3-6,9H,7H2,1-2H3,(H,17,18)/t9-/m1/s1. The van der Waals surface area contributed by atoms with Crippen molar-refractivity contribution in [3.8, 4) is 0 Å². The average molecular weight is 324 g/mol. The Hall–Kier alpha value is -1.59. The quantitative estimate of drug-likeness (QED) is 0.862. The van der Waals surface area contributed by atoms with Crippen LogP contribution in [0.25, 0.3) is 10.1 Å². The van der Waals surface area contributed by atoms with Crippen LogP contribution in [0.4, 0.5) is 0 Å². The second kappa shape index (κ2) is 5.00. The predicted molar refractivity (Wildman–Crippen MR) is 82.9 cm³/mol. The van der Waals surface area contributed by atoms with Gasteiger partial charge < -0.3 is 10.1 Å². The van der Waals surface area contributed by atoms with Crippen LogP contribution in [0.2, 0.25) is 5.02 Å². The van der Waals surface area contributed by atoms with Gasteiger partial charge in [0.1, 0.15) is 16.5 Å². The molecule has 1 aliphatic rings. The summed E-state index contributed by atoms with van der Waals surface area (Å²) in [5, 5.41) is 3.99. The molecule has 1 aromatic heterocycles. The van der Waals surface area contributed by atoms with Crippen molar-refractivity contribution in [3.05, 3.63) is 34.2 Å². The molecule has 1 amide bonds. The van der Waals surface area contributed by atoms with E-state index in [1.54, 1.807) is 0 Å². The number of nitrogens with one attached hydrogen (secondary N) is 1. The van der Waals surface area contributed by atoms with E-state index in [2.05, 4.69) is 5.32 Å². The van der Waals surface area contributed by atoms with E-state index in [1.807, 2.05) is 38.1 Å². The number of ether oxygens (including phenoxy) is 1. The highest BCUT2D eigenvalue weighted by Gasteiger charge is 2.41. The lowest BCUT2D eigenvalue weighted by atomic mass is 10.0. The number of cyclic esters (lactones) is 1. The van der Waals surface area contributed by atoms with Gasteiger partial charge in [0.25, 0.3) is 5.91 Å². The Morgan fingerprint density at radius 2 is 2.14 bits per heavy atom. The summed E-state index contributed by atoms with van der Waals surface area (Å²) in [6, 6.07) is 6.94. The third-order valence-corrected chi connectivity index (χ3v) is 5.08. The van der Waals surface area contributed by atoms with Gasteiger partial charge in [-0.15, -0.1) is 11.3 Å². The minimum atomic E-state index is -0.617. The van der Waals surface area contributed by atoms with E-state index in [1.165, 1.54) is 11.3 Å². The van der Waals surface area contributed by atoms with E-state index < -0.39 is 17.6 Å². The first-order chi connectivity index (χ1) is 9.87. The highest BCUT2D eigenvalue weighted by molar-refractivity contribution is 7.21. The molecule has 0 unspecified atom stereocenters. The molecule has 6 heteroatoms. The maximum atomic E-state index is 12.4. The molecular formula is C15H14ClNO3S. The zero-order chi connectivity index (χ0) is 15.2. The van der Waals surface area contributed by atoms with E-state index in [4.69, 9.17) is 16.3 Å². The largest absolute Gasteiger partial charge is 0.458 e. The van der Waals surface area contributed by atoms with Gasteiger partial charge in [0.05, 0.1) is 5.02 Å². The molecule has 0 spiro atoms. The van der Waals surface area contributed by atoms with Crippen LogP contribution < -0.4 is 5.32 Å². The smallest absolute Gasteiger partial charge is 0.329 e. The Morgan fingerprint density at radius 1 is 1.43 bits per heavy atom. The molecule has 0 aliphatic carbocycles. The van der Waals surface area contributed by atoms with Crippen LogP contribution in [0, 0.1) is 0 Å². The molecule has 0 bridgehead atoms. The summed E-state index contributed by atoms with van der Waals surface area (Å²) < 4.78 is 6.15. The molecule has 1 aliphatic heterocycles. The number of hydrogen-bond donors (Lipinski definition) is 1. The number of esters is 1. The van der Waals surface area contributed by atoms with Gasteiger partial charge in [0, 0.05) is 16.5 Å². The minimum Gasteiger partial charge on any atom is -0.458 e. The Labute approximate surface area is 131 Å². The zero-order valence-corrected chi connectivity index (χ0v) is 13.2. The molecular weight excluding hydrogens is 310 g/mol. The van der Waals surface area contributed by atoms with Gasteiger partial charge >= 0.3 is 5.97 Å². The summed E-state index contributed by atoms with van der Waals surface area (Å²) in [5.41, 5.74) is -0.543. The normalized spacial score (nSPS) is 20.5. The van der Waals surface area contributed by atoms with Gasteiger partial charge in [-0.25, -0.2) is 4.79 Å². The van der Waals surface area contributed by atoms with Crippen molar-refractivity contribution in [1.29, 1.82) is 0 Å². The Morgan fingerprint density at radius 3 is 2.76 bits per heavy atom. The zero-order valence-electron chi connectivity index (χ0n) is 11.6. The fourth-order valence-corrected chi connectivity index (χ4v) is 3.87. The van der Waals surface area contributed by atoms with Crippen LogP contribution in [-0.2, 0) is 9.53 Å². The monoisotopic (exact) mass is 323 g/mol. The Balaban J connectivity index is 1.85. The van der Waals surface area contributed by atoms with Crippen molar-refractivity contribution in [3.63, 3.8) is 0 Å². The molecule has 0 radical (unpaired) electrons. The Bertz CT molecular complexity index is 738. The third-order valence-electron chi connectivity index (χ3n) is 3.40. The van der Waals surface area contributed by atoms with E-state index in [9.17, 15) is 9.59 Å². The second-order valence-corrected chi connectivity index (χ2v) is 7.08. The lowest BCUT2D eigenvalue weighted by Crippen LogP contribution is -2.38. The van der Waals surface area contributed by atoms with E-state index >= 15 is 0 Å². The Kier molecular flexibility index (Phi) is 3.42. The molecule has 110 valence electrons. The molecule has 1 N–H and O–H groups in total. The van der Waals surface area contributed by atoms with Crippen LogP contribution in [0.3, 0.4) is 0 Å². The minimum absolute atomic E-state index is 0.333. The first-order valence-corrected chi connectivity index (χ1v) is 7.77. The number of fused-ring (bicyclic) bond motifs is 1. The fraction of sp³-hybridized carbons (Fsp3) is 0.333. The van der Waals surface area contributed by atoms with Gasteiger partial charge in [-0.2, -0.15) is 0 Å². The molecule has 4 nitrogen and oxygen atoms in total. The van der Waals surface area contributed by atoms with Gasteiger partial charge in [-0.3, -0.25) is 4.79 Å². The van der Waals surface area contributed by atoms with Crippen molar-refractivity contribution >= 4 is 44.9 Å². The van der Waals surface area contributed by atoms with Crippen LogP contribution >= 0.6 is 22.9 Å². The van der Waals surface area contributed by atoms with Crippen LogP contribution in [0.15, 0.2) is 24.3 Å². The molecule has 1 fully saturated rings. The lowest BCUT2D eigenvalue weighted by molar-refractivity contribution is -0.147. The lowest BCUT2D eigenvalue weighted by Gasteiger charge is -2.14. The highest BCUT2D eigenvalue weighted by Crippen LogP contribution is 2.35. The van der Waals surface area contributed by atoms with Gasteiger partial charge in [-0.05, 0) is 19.9 Å². The molecule has 1 aromatic carbocycles. The van der Waals surface area contributed by atoms with E-state index in [0.29, 0.717) is 16.3 Å². The molecule has 2 heterocycles. The maximum absolute atomic E-state index is 12.4. The number of carbonyl (C=O) groups is 2. The fourth-order valence-electron chi connectivity index (χ4n) is 2.45. The van der Waals surface area contributed by atoms with Gasteiger partial charge in [-0.1, -0.05) is 29.8 Å². The van der Waals surface area contributed by atoms with Crippen molar-refractivity contribution < 1.29 is 14.3 Å². The second-order valence-electron chi connectivity index (χ2n) is 5.65. The number of amides is 1. The van der Waals surface area contributed by atoms with Crippen molar-refractivity contribution in [2.45, 2.75) is 31.9 Å². The molecule has 21 heavy (non-hydrogen) atoms. The highest BCUT2D eigenvalue weighted by atomic mass is 35.5. The average Bonchev–Trinajstić information content (AvgIpc) is 2.87. The van der Waals surface area contributed by atoms with Crippen LogP contribution in [0.5, 0.6) is 0 Å². The van der Waals surface area contributed by atoms with Gasteiger partial charge in [0.15, 0.2) is 0 Å². The summed E-state index contributed by atoms with van der Waals surface area (Å²) in [5.74, 6) is -0.730. The van der Waals surface area contributed by atoms with Crippen LogP contribution in [0.1, 0.15) is 29.9 Å². The molecule has 3 rings (SSSR count). The van der Waals surface area contributed by atoms with Gasteiger partial charge in [0.2, 0.25) is 0 Å². The number of hydrogen-bond acceptors (Lipinski definition) is 4. The maximum Gasteiger partial charge on any atom is 0.329 e. The summed E-state index contributed by atoms with van der Waals surface area (Å²) in [6.45, 7) is 3.65. The molecule has 2 aromatic rings. The summed E-state index contributed by atoms with van der Waals surface area (Å²) in [6.07, 6.45) is 0.458. The number of benzene rings is 1. The predicted octanol–water partition coefficient (Wildman–Crippen LogP) is 3.38. The van der Waals surface area contributed by atoms with Crippen molar-refractivity contribution in [1.82, 2.24) is 5.32 Å². The number of halogens is 1. The van der Waals surface area contributed by atoms with Crippen molar-refractivity contribution in [2.24, 2.45) is 0 Å². The van der Waals surface area contributed by atoms with E-state index in [-0.39, 0.29) is 5.91 Å². The van der Waals surface area contributed by atoms with E-state index in [0.717, 1.165) is 10.1 Å². The van der Waals surface area contributed by atoms with Crippen molar-refractivity contribution in [2.75, 3.05) is 0 Å². The number of thiophene rings is 1. The summed E-state index contributed by atoms with van der Waals surface area (Å²) in [7, 11) is 0. The first-order valence-electron chi connectivity index (χ1n) is 6.58.